The van der Waals surface area contributed by atoms with E-state index in [2.05, 4.69) is 15.6 Å². The lowest BCUT2D eigenvalue weighted by Gasteiger charge is -2.08. The van der Waals surface area contributed by atoms with Crippen molar-refractivity contribution >= 4 is 28.8 Å². The lowest BCUT2D eigenvalue weighted by atomic mass is 10.2. The lowest BCUT2D eigenvalue weighted by Crippen LogP contribution is -2.21. The molecule has 1 amide bonds. The van der Waals surface area contributed by atoms with Crippen LogP contribution in [0, 0.1) is 5.82 Å². The van der Waals surface area contributed by atoms with E-state index in [9.17, 15) is 14.0 Å². The minimum atomic E-state index is -0.573. The minimum absolute atomic E-state index is 0.140. The Morgan fingerprint density at radius 1 is 1.21 bits per heavy atom. The van der Waals surface area contributed by atoms with Crippen molar-refractivity contribution < 1.29 is 9.18 Å². The maximum atomic E-state index is 14.6. The van der Waals surface area contributed by atoms with Gasteiger partial charge in [0.15, 0.2) is 0 Å². The number of aromatic nitrogens is 4. The summed E-state index contributed by atoms with van der Waals surface area (Å²) in [6.07, 6.45) is 3.09. The van der Waals surface area contributed by atoms with Gasteiger partial charge in [0.2, 0.25) is 0 Å². The number of thiophene rings is 1. The van der Waals surface area contributed by atoms with Crippen molar-refractivity contribution in [2.45, 2.75) is 6.54 Å². The summed E-state index contributed by atoms with van der Waals surface area (Å²) >= 11 is 7.01. The SMILES string of the molecule is O=C(NCc1cn(-c2ccc(-n3ccccc3=O)c(F)c2)nn1)c1ccc(Cl)s1. The smallest absolute Gasteiger partial charge is 0.261 e. The monoisotopic (exact) mass is 429 g/mol. The van der Waals surface area contributed by atoms with Gasteiger partial charge in [-0.25, -0.2) is 9.07 Å². The van der Waals surface area contributed by atoms with Gasteiger partial charge in [-0.05, 0) is 30.3 Å². The quantitative estimate of drug-likeness (QED) is 0.528. The zero-order chi connectivity index (χ0) is 20.4. The number of rotatable bonds is 5. The highest BCUT2D eigenvalue weighted by molar-refractivity contribution is 7.17. The number of amides is 1. The summed E-state index contributed by atoms with van der Waals surface area (Å²) in [5, 5.41) is 10.7. The maximum Gasteiger partial charge on any atom is 0.261 e. The van der Waals surface area contributed by atoms with Crippen molar-refractivity contribution in [2.24, 2.45) is 0 Å². The van der Waals surface area contributed by atoms with Crippen LogP contribution in [0.15, 0.2) is 65.7 Å². The van der Waals surface area contributed by atoms with Crippen LogP contribution in [0.2, 0.25) is 4.34 Å². The molecule has 1 N–H and O–H groups in total. The van der Waals surface area contributed by atoms with E-state index in [1.807, 2.05) is 0 Å². The second kappa shape index (κ2) is 7.98. The molecule has 3 heterocycles. The Kier molecular flexibility index (Phi) is 5.24. The molecule has 0 unspecified atom stereocenters. The van der Waals surface area contributed by atoms with E-state index >= 15 is 0 Å². The van der Waals surface area contributed by atoms with Gasteiger partial charge in [-0.15, -0.1) is 16.4 Å². The van der Waals surface area contributed by atoms with Crippen LogP contribution in [0.4, 0.5) is 4.39 Å². The van der Waals surface area contributed by atoms with Crippen molar-refractivity contribution in [1.29, 1.82) is 0 Å². The highest BCUT2D eigenvalue weighted by Crippen LogP contribution is 2.21. The Bertz CT molecular complexity index is 1250. The summed E-state index contributed by atoms with van der Waals surface area (Å²) in [6, 6.07) is 12.3. The number of nitrogens with one attached hydrogen (secondary N) is 1. The molecule has 0 aliphatic rings. The molecule has 0 aliphatic carbocycles. The van der Waals surface area contributed by atoms with Crippen LogP contribution in [0.1, 0.15) is 15.4 Å². The summed E-state index contributed by atoms with van der Waals surface area (Å²) in [6.45, 7) is 0.161. The second-order valence-electron chi connectivity index (χ2n) is 5.99. The van der Waals surface area contributed by atoms with Gasteiger partial charge in [0.05, 0.1) is 33.3 Å². The Balaban J connectivity index is 1.49. The third-order valence-corrected chi connectivity index (χ3v) is 5.28. The Morgan fingerprint density at radius 3 is 2.79 bits per heavy atom. The first-order chi connectivity index (χ1) is 14.0. The van der Waals surface area contributed by atoms with E-state index in [1.54, 1.807) is 36.5 Å². The van der Waals surface area contributed by atoms with Crippen LogP contribution in [0.3, 0.4) is 0 Å². The Labute approximate surface area is 173 Å². The molecule has 0 radical (unpaired) electrons. The first-order valence-corrected chi connectivity index (χ1v) is 9.63. The van der Waals surface area contributed by atoms with Crippen LogP contribution in [0.25, 0.3) is 11.4 Å². The number of halogens is 2. The number of pyridine rings is 1. The summed E-state index contributed by atoms with van der Waals surface area (Å²) in [5.74, 6) is -0.837. The summed E-state index contributed by atoms with van der Waals surface area (Å²) in [5.41, 5.74) is 0.752. The molecule has 3 aromatic heterocycles. The van der Waals surface area contributed by atoms with Crippen LogP contribution < -0.4 is 10.9 Å². The van der Waals surface area contributed by atoms with Gasteiger partial charge in [0, 0.05) is 18.3 Å². The lowest BCUT2D eigenvalue weighted by molar-refractivity contribution is 0.0954. The number of hydrogen-bond acceptors (Lipinski definition) is 5. The van der Waals surface area contributed by atoms with Crippen molar-refractivity contribution in [3.05, 3.63) is 92.0 Å². The van der Waals surface area contributed by atoms with Gasteiger partial charge in [-0.3, -0.25) is 14.2 Å². The topological polar surface area (TPSA) is 81.8 Å². The first kappa shape index (κ1) is 19.0. The van der Waals surface area contributed by atoms with Crippen LogP contribution in [-0.2, 0) is 6.54 Å². The van der Waals surface area contributed by atoms with Gasteiger partial charge >= 0.3 is 0 Å². The molecule has 0 saturated heterocycles. The molecule has 0 spiro atoms. The number of nitrogens with zero attached hydrogens (tertiary/aromatic N) is 4. The molecule has 0 atom stereocenters. The molecule has 10 heteroatoms. The van der Waals surface area contributed by atoms with Gasteiger partial charge in [-0.1, -0.05) is 22.9 Å². The van der Waals surface area contributed by atoms with Crippen molar-refractivity contribution in [1.82, 2.24) is 24.9 Å². The van der Waals surface area contributed by atoms with E-state index in [-0.39, 0.29) is 23.7 Å². The molecule has 4 aromatic rings. The van der Waals surface area contributed by atoms with Gasteiger partial charge in [0.25, 0.3) is 11.5 Å². The zero-order valence-electron chi connectivity index (χ0n) is 14.8. The van der Waals surface area contributed by atoms with E-state index in [0.717, 1.165) is 0 Å². The largest absolute Gasteiger partial charge is 0.346 e. The van der Waals surface area contributed by atoms with Crippen molar-refractivity contribution in [3.63, 3.8) is 0 Å². The molecule has 0 fully saturated rings. The highest BCUT2D eigenvalue weighted by atomic mass is 35.5. The van der Waals surface area contributed by atoms with E-state index in [0.29, 0.717) is 20.6 Å². The van der Waals surface area contributed by atoms with Crippen LogP contribution in [-0.4, -0.2) is 25.5 Å². The van der Waals surface area contributed by atoms with Gasteiger partial charge in [0.1, 0.15) is 11.5 Å². The van der Waals surface area contributed by atoms with E-state index in [1.165, 1.54) is 45.0 Å². The molecule has 1 aromatic carbocycles. The molecule has 4 rings (SSSR count). The average Bonchev–Trinajstić information content (AvgIpc) is 3.36. The van der Waals surface area contributed by atoms with Crippen LogP contribution in [0.5, 0.6) is 0 Å². The molecule has 7 nitrogen and oxygen atoms in total. The summed E-state index contributed by atoms with van der Waals surface area (Å²) in [4.78, 5) is 24.4. The van der Waals surface area contributed by atoms with Crippen LogP contribution >= 0.6 is 22.9 Å². The number of carbonyl (C=O) groups is 1. The zero-order valence-corrected chi connectivity index (χ0v) is 16.3. The second-order valence-corrected chi connectivity index (χ2v) is 7.70. The molecule has 0 aliphatic heterocycles. The Morgan fingerprint density at radius 2 is 2.07 bits per heavy atom. The fraction of sp³-hybridized carbons (Fsp3) is 0.0526. The van der Waals surface area contributed by atoms with Gasteiger partial charge < -0.3 is 5.32 Å². The maximum absolute atomic E-state index is 14.6. The van der Waals surface area contributed by atoms with Crippen molar-refractivity contribution in [2.75, 3.05) is 0 Å². The summed E-state index contributed by atoms with van der Waals surface area (Å²) in [7, 11) is 0. The minimum Gasteiger partial charge on any atom is -0.346 e. The summed E-state index contributed by atoms with van der Waals surface area (Å²) < 4.78 is 17.7. The fourth-order valence-electron chi connectivity index (χ4n) is 2.66. The molecule has 0 bridgehead atoms. The first-order valence-electron chi connectivity index (χ1n) is 8.44. The predicted octanol–water partition coefficient (Wildman–Crippen LogP) is 3.20. The number of carbonyl (C=O) groups excluding carboxylic acids is 1. The predicted molar refractivity (Wildman–Crippen MR) is 107 cm³/mol. The van der Waals surface area contributed by atoms with Crippen molar-refractivity contribution in [3.8, 4) is 11.4 Å². The van der Waals surface area contributed by atoms with E-state index < -0.39 is 5.82 Å². The molecule has 29 heavy (non-hydrogen) atoms. The molecule has 146 valence electrons. The molecular formula is C19H13ClFN5O2S. The van der Waals surface area contributed by atoms with Gasteiger partial charge in [-0.2, -0.15) is 0 Å². The normalized spacial score (nSPS) is 10.8. The Hall–Kier alpha value is -3.30. The highest BCUT2D eigenvalue weighted by Gasteiger charge is 2.12. The number of benzene rings is 1. The molecule has 0 saturated carbocycles. The van der Waals surface area contributed by atoms with E-state index in [4.69, 9.17) is 11.6 Å². The third-order valence-electron chi connectivity index (χ3n) is 4.05. The standard InChI is InChI=1S/C19H13ClFN5O2S/c20-17-7-6-16(29-17)19(28)22-10-12-11-26(24-23-12)13-4-5-15(14(21)9-13)25-8-2-1-3-18(25)27/h1-9,11H,10H2,(H,22,28). The fourth-order valence-corrected chi connectivity index (χ4v) is 3.62. The number of hydrogen-bond donors (Lipinski definition) is 1. The third kappa shape index (κ3) is 4.10. The molecular weight excluding hydrogens is 417 g/mol. The average molecular weight is 430 g/mol.